The lowest BCUT2D eigenvalue weighted by atomic mass is 10.0. The Labute approximate surface area is 244 Å². The molecule has 0 radical (unpaired) electrons. The largest absolute Gasteiger partial charge is 0.444 e. The first-order valence-corrected chi connectivity index (χ1v) is 13.9. The van der Waals surface area contributed by atoms with Crippen molar-refractivity contribution >= 4 is 29.0 Å². The molecule has 1 aromatic heterocycles. The summed E-state index contributed by atoms with van der Waals surface area (Å²) in [7, 11) is 0. The molecule has 10 nitrogen and oxygen atoms in total. The molecule has 1 aliphatic rings. The zero-order valence-corrected chi connectivity index (χ0v) is 24.8. The van der Waals surface area contributed by atoms with Crippen molar-refractivity contribution in [1.82, 2.24) is 20.5 Å². The molecule has 1 aliphatic heterocycles. The normalized spacial score (nSPS) is 19.0. The average molecular weight is 583 g/mol. The molecule has 3 amide bonds. The number of halogens is 1. The van der Waals surface area contributed by atoms with E-state index in [4.69, 9.17) is 9.47 Å². The van der Waals surface area contributed by atoms with Gasteiger partial charge in [0, 0.05) is 42.0 Å². The Hall–Kier alpha value is -4.12. The molecule has 1 fully saturated rings. The van der Waals surface area contributed by atoms with Gasteiger partial charge in [-0.2, -0.15) is 0 Å². The molecule has 0 aliphatic carbocycles. The number of fused-ring (bicyclic) bond motifs is 1. The van der Waals surface area contributed by atoms with E-state index in [0.29, 0.717) is 11.1 Å². The third kappa shape index (κ3) is 7.39. The lowest BCUT2D eigenvalue weighted by Gasteiger charge is -2.29. The number of ether oxygens (including phenoxy) is 2. The smallest absolute Gasteiger partial charge is 0.410 e. The van der Waals surface area contributed by atoms with Gasteiger partial charge in [0.1, 0.15) is 22.7 Å². The molecule has 11 heteroatoms. The fourth-order valence-corrected chi connectivity index (χ4v) is 4.98. The minimum absolute atomic E-state index is 0.0521. The predicted octanol–water partition coefficient (Wildman–Crippen LogP) is 4.82. The first-order chi connectivity index (χ1) is 19.6. The van der Waals surface area contributed by atoms with Crippen molar-refractivity contribution < 1.29 is 33.4 Å². The van der Waals surface area contributed by atoms with Gasteiger partial charge in [0.05, 0.1) is 12.1 Å². The van der Waals surface area contributed by atoms with E-state index in [1.54, 1.807) is 53.7 Å². The predicted molar refractivity (Wildman–Crippen MR) is 156 cm³/mol. The van der Waals surface area contributed by atoms with Crippen molar-refractivity contribution in [3.63, 3.8) is 0 Å². The van der Waals surface area contributed by atoms with Crippen LogP contribution in [0.1, 0.15) is 52.0 Å². The van der Waals surface area contributed by atoms with E-state index in [2.05, 4.69) is 15.6 Å². The van der Waals surface area contributed by atoms with Crippen LogP contribution in [-0.4, -0.2) is 76.1 Å². The highest BCUT2D eigenvalue weighted by Gasteiger charge is 2.45. The van der Waals surface area contributed by atoms with Gasteiger partial charge < -0.3 is 35.1 Å². The van der Waals surface area contributed by atoms with Crippen molar-refractivity contribution in [2.75, 3.05) is 19.6 Å². The summed E-state index contributed by atoms with van der Waals surface area (Å²) in [5.74, 6) is -1.38. The number of para-hydroxylation sites is 1. The average Bonchev–Trinajstić information content (AvgIpc) is 3.42. The molecule has 2 heterocycles. The van der Waals surface area contributed by atoms with Gasteiger partial charge in [-0.05, 0) is 65.3 Å². The van der Waals surface area contributed by atoms with E-state index in [1.807, 2.05) is 24.3 Å². The highest BCUT2D eigenvalue weighted by molar-refractivity contribution is 6.09. The quantitative estimate of drug-likeness (QED) is 0.329. The second kappa shape index (κ2) is 12.0. The first kappa shape index (κ1) is 30.8. The van der Waals surface area contributed by atoms with Crippen molar-refractivity contribution in [2.45, 2.75) is 64.9 Å². The van der Waals surface area contributed by atoms with Crippen molar-refractivity contribution in [3.8, 4) is 11.1 Å². The standard InChI is InChI=1S/C31H39FN4O6/c1-30(2,3)41-28(39)34-15-19-17-36(29(40)42-31(4,5)6)23(26(19)37)16-33-27(38)25-24(18-11-13-20(32)14-12-18)21-9-7-8-10-22(21)35-25/h7-14,19,23,26,35,37H,15-17H2,1-6H3,(H,33,38)(H,34,39)/t19-,23+,26+/m0/s1. The molecule has 4 rings (SSSR count). The summed E-state index contributed by atoms with van der Waals surface area (Å²) in [5.41, 5.74) is 0.788. The number of rotatable bonds is 6. The molecular weight excluding hydrogens is 543 g/mol. The number of benzene rings is 2. The summed E-state index contributed by atoms with van der Waals surface area (Å²) in [5, 5.41) is 17.5. The van der Waals surface area contributed by atoms with Gasteiger partial charge >= 0.3 is 12.2 Å². The second-order valence-electron chi connectivity index (χ2n) is 12.5. The number of hydrogen-bond donors (Lipinski definition) is 4. The van der Waals surface area contributed by atoms with Crippen LogP contribution in [0.2, 0.25) is 0 Å². The number of aromatic amines is 1. The molecular formula is C31H39FN4O6. The maximum Gasteiger partial charge on any atom is 0.410 e. The van der Waals surface area contributed by atoms with Crippen LogP contribution in [0.5, 0.6) is 0 Å². The number of nitrogens with zero attached hydrogens (tertiary/aromatic N) is 1. The Morgan fingerprint density at radius 1 is 0.952 bits per heavy atom. The van der Waals surface area contributed by atoms with Crippen molar-refractivity contribution in [1.29, 1.82) is 0 Å². The van der Waals surface area contributed by atoms with Gasteiger partial charge in [-0.15, -0.1) is 0 Å². The topological polar surface area (TPSA) is 133 Å². The summed E-state index contributed by atoms with van der Waals surface area (Å²) in [6.45, 7) is 10.5. The van der Waals surface area contributed by atoms with E-state index in [1.165, 1.54) is 17.0 Å². The Balaban J connectivity index is 1.55. The number of carbonyl (C=O) groups is 3. The van der Waals surface area contributed by atoms with Crippen LogP contribution in [0.25, 0.3) is 22.0 Å². The Morgan fingerprint density at radius 3 is 2.24 bits per heavy atom. The van der Waals surface area contributed by atoms with E-state index < -0.39 is 53.2 Å². The Morgan fingerprint density at radius 2 is 1.60 bits per heavy atom. The van der Waals surface area contributed by atoms with Crippen LogP contribution in [0, 0.1) is 11.7 Å². The van der Waals surface area contributed by atoms with E-state index in [0.717, 1.165) is 10.9 Å². The van der Waals surface area contributed by atoms with Gasteiger partial charge in [0.25, 0.3) is 5.91 Å². The number of nitrogens with one attached hydrogen (secondary N) is 3. The van der Waals surface area contributed by atoms with Gasteiger partial charge in [0.2, 0.25) is 0 Å². The molecule has 3 aromatic rings. The second-order valence-corrected chi connectivity index (χ2v) is 12.5. The summed E-state index contributed by atoms with van der Waals surface area (Å²) < 4.78 is 24.5. The SMILES string of the molecule is CC(C)(C)OC(=O)NC[C@H]1CN(C(=O)OC(C)(C)C)[C@H](CNC(=O)c2[nH]c3ccccc3c2-c2ccc(F)cc2)[C@@H]1O. The molecule has 42 heavy (non-hydrogen) atoms. The molecule has 4 N–H and O–H groups in total. The van der Waals surface area contributed by atoms with E-state index in [9.17, 15) is 23.9 Å². The number of likely N-dealkylation sites (tertiary alicyclic amines) is 1. The number of H-pyrrole nitrogens is 1. The number of hydrogen-bond acceptors (Lipinski definition) is 6. The zero-order valence-electron chi connectivity index (χ0n) is 24.8. The molecule has 0 spiro atoms. The molecule has 0 saturated carbocycles. The lowest BCUT2D eigenvalue weighted by molar-refractivity contribution is 0.0151. The molecule has 1 saturated heterocycles. The Bertz CT molecular complexity index is 1440. The molecule has 0 unspecified atom stereocenters. The maximum absolute atomic E-state index is 13.7. The fourth-order valence-electron chi connectivity index (χ4n) is 4.98. The van der Waals surface area contributed by atoms with E-state index in [-0.39, 0.29) is 25.3 Å². The van der Waals surface area contributed by atoms with Crippen LogP contribution in [0.4, 0.5) is 14.0 Å². The van der Waals surface area contributed by atoms with Gasteiger partial charge in [-0.25, -0.2) is 14.0 Å². The number of alkyl carbamates (subject to hydrolysis) is 1. The van der Waals surface area contributed by atoms with E-state index >= 15 is 0 Å². The van der Waals surface area contributed by atoms with Crippen molar-refractivity contribution in [3.05, 3.63) is 60.0 Å². The number of aliphatic hydroxyl groups is 1. The summed E-state index contributed by atoms with van der Waals surface area (Å²) >= 11 is 0. The van der Waals surface area contributed by atoms with Crippen LogP contribution in [0.3, 0.4) is 0 Å². The fraction of sp³-hybridized carbons (Fsp3) is 0.452. The number of amides is 3. The highest BCUT2D eigenvalue weighted by Crippen LogP contribution is 2.33. The number of carbonyl (C=O) groups excluding carboxylic acids is 3. The lowest BCUT2D eigenvalue weighted by Crippen LogP contribution is -2.49. The molecule has 3 atom stereocenters. The van der Waals surface area contributed by atoms with Crippen LogP contribution < -0.4 is 10.6 Å². The van der Waals surface area contributed by atoms with Gasteiger partial charge in [-0.1, -0.05) is 30.3 Å². The van der Waals surface area contributed by atoms with Crippen LogP contribution >= 0.6 is 0 Å². The van der Waals surface area contributed by atoms with Crippen LogP contribution in [0.15, 0.2) is 48.5 Å². The first-order valence-electron chi connectivity index (χ1n) is 13.9. The third-order valence-corrected chi connectivity index (χ3v) is 6.78. The monoisotopic (exact) mass is 582 g/mol. The molecule has 2 aromatic carbocycles. The highest BCUT2D eigenvalue weighted by atomic mass is 19.1. The van der Waals surface area contributed by atoms with Crippen molar-refractivity contribution in [2.24, 2.45) is 5.92 Å². The Kier molecular flexibility index (Phi) is 8.81. The summed E-state index contributed by atoms with van der Waals surface area (Å²) in [6.07, 6.45) is -2.35. The number of aromatic nitrogens is 1. The minimum atomic E-state index is -1.08. The summed E-state index contributed by atoms with van der Waals surface area (Å²) in [6, 6.07) is 12.5. The van der Waals surface area contributed by atoms with Gasteiger partial charge in [0.15, 0.2) is 0 Å². The van der Waals surface area contributed by atoms with Crippen LogP contribution in [-0.2, 0) is 9.47 Å². The minimum Gasteiger partial charge on any atom is -0.444 e. The molecule has 0 bridgehead atoms. The number of aliphatic hydroxyl groups excluding tert-OH is 1. The molecule has 226 valence electrons. The zero-order chi connectivity index (χ0) is 30.8. The third-order valence-electron chi connectivity index (χ3n) is 6.78. The maximum atomic E-state index is 13.7. The summed E-state index contributed by atoms with van der Waals surface area (Å²) in [4.78, 5) is 43.4. The van der Waals surface area contributed by atoms with Gasteiger partial charge in [-0.3, -0.25) is 4.79 Å².